The van der Waals surface area contributed by atoms with Crippen molar-refractivity contribution in [2.24, 2.45) is 51.2 Å². The molecule has 0 spiro atoms. The predicted molar refractivity (Wildman–Crippen MR) is 230 cm³/mol. The summed E-state index contributed by atoms with van der Waals surface area (Å²) in [4.78, 5) is 30.8. The molecule has 1 aromatic rings. The summed E-state index contributed by atoms with van der Waals surface area (Å²) in [5, 5.41) is 14.6. The lowest BCUT2D eigenvalue weighted by atomic mass is 9.33. The van der Waals surface area contributed by atoms with Crippen molar-refractivity contribution in [3.05, 3.63) is 69.3 Å². The fraction of sp³-hybridized carbons (Fsp3) is 0.714. The number of likely N-dealkylation sites (N-methyl/N-ethyl adjacent to an activating group) is 1. The molecule has 56 heavy (non-hydrogen) atoms. The smallest absolute Gasteiger partial charge is 0.306 e. The Bertz CT molecular complexity index is 1780. The number of hydrogen-bond acceptors (Lipinski definition) is 5. The average molecular weight is 787 g/mol. The van der Waals surface area contributed by atoms with E-state index in [2.05, 4.69) is 102 Å². The Balaban J connectivity index is 1.14. The number of carboxylic acids is 1. The van der Waals surface area contributed by atoms with Crippen LogP contribution in [0, 0.1) is 51.2 Å². The van der Waals surface area contributed by atoms with Gasteiger partial charge in [-0.1, -0.05) is 84.4 Å². The van der Waals surface area contributed by atoms with E-state index in [4.69, 9.17) is 11.6 Å². The summed E-state index contributed by atoms with van der Waals surface area (Å²) < 4.78 is 0. The van der Waals surface area contributed by atoms with Crippen LogP contribution < -0.4 is 5.32 Å². The lowest BCUT2D eigenvalue weighted by Crippen LogP contribution is -2.66. The molecular weight excluding hydrogens is 714 g/mol. The number of Topliss-reactive ketones (excluding diaryl/α,β-unsaturated/α-hetero) is 1. The molecule has 8 atom stereocenters. The molecule has 3 fully saturated rings. The number of carboxylic acid groups (broad SMARTS) is 1. The molecule has 2 N–H and O–H groups in total. The van der Waals surface area contributed by atoms with Crippen LogP contribution in [0.3, 0.4) is 0 Å². The van der Waals surface area contributed by atoms with Crippen molar-refractivity contribution >= 4 is 23.4 Å². The number of rotatable bonds is 12. The summed E-state index contributed by atoms with van der Waals surface area (Å²) in [7, 11) is 4.29. The molecule has 6 aliphatic rings. The standard InChI is InChI=1S/C49H72ClN3O3/c1-32(2)42-39(54)30-49(51-26-27-53(29-28-52(8)9)31-33-10-16-36(50)17-11-33)25-24-47(6)38(43(42)49)18-19-41-46(5)22-20-37(34-12-14-35(15-13-34)44(55)56)45(3,4)40(46)21-23-48(41,47)7/h10-12,16-17,20,32,35,38,40-41,51H,13-15,18-19,21-31H2,1-9H3,(H,55,56)/t35?,38-,40+,41-,46+,47-,48-,49-/m1/s1. The third-order valence-corrected chi connectivity index (χ3v) is 17.4. The van der Waals surface area contributed by atoms with E-state index in [9.17, 15) is 14.7 Å². The van der Waals surface area contributed by atoms with Crippen LogP contribution in [0.4, 0.5) is 0 Å². The van der Waals surface area contributed by atoms with E-state index in [1.807, 2.05) is 12.1 Å². The van der Waals surface area contributed by atoms with Gasteiger partial charge in [-0.05, 0) is 164 Å². The highest BCUT2D eigenvalue weighted by molar-refractivity contribution is 6.30. The zero-order valence-electron chi connectivity index (χ0n) is 36.2. The molecule has 3 saturated carbocycles. The topological polar surface area (TPSA) is 72.9 Å². The molecule has 7 heteroatoms. The van der Waals surface area contributed by atoms with Crippen molar-refractivity contribution in [3.8, 4) is 0 Å². The molecule has 7 rings (SSSR count). The number of halogens is 1. The van der Waals surface area contributed by atoms with E-state index in [1.165, 1.54) is 48.0 Å². The van der Waals surface area contributed by atoms with Gasteiger partial charge >= 0.3 is 5.97 Å². The number of nitrogens with zero attached hydrogens (tertiary/aromatic N) is 2. The van der Waals surface area contributed by atoms with Crippen molar-refractivity contribution in [3.63, 3.8) is 0 Å². The molecule has 0 aromatic heterocycles. The number of nitrogens with one attached hydrogen (secondary N) is 1. The van der Waals surface area contributed by atoms with Crippen LogP contribution in [-0.4, -0.2) is 72.5 Å². The van der Waals surface area contributed by atoms with Gasteiger partial charge in [0.25, 0.3) is 0 Å². The molecule has 0 saturated heterocycles. The quantitative estimate of drug-likeness (QED) is 0.220. The summed E-state index contributed by atoms with van der Waals surface area (Å²) in [5.74, 6) is 1.37. The van der Waals surface area contributed by atoms with Gasteiger partial charge in [-0.15, -0.1) is 0 Å². The van der Waals surface area contributed by atoms with Gasteiger partial charge in [0.1, 0.15) is 0 Å². The molecule has 0 amide bonds. The Morgan fingerprint density at radius 2 is 1.64 bits per heavy atom. The third-order valence-electron chi connectivity index (χ3n) is 17.2. The highest BCUT2D eigenvalue weighted by Crippen LogP contribution is 2.76. The molecule has 0 bridgehead atoms. The number of hydrogen-bond donors (Lipinski definition) is 2. The first-order valence-corrected chi connectivity index (χ1v) is 22.5. The van der Waals surface area contributed by atoms with E-state index in [0.29, 0.717) is 36.4 Å². The minimum absolute atomic E-state index is 0.0544. The number of aliphatic carboxylic acids is 1. The number of carbonyl (C=O) groups is 2. The SMILES string of the molecule is CC(C)C1=C2[C@H]3CC[C@@H]4[C@@]5(C)CC=C(C6=CCC(C(=O)O)CC6)C(C)(C)[C@@H]5CC[C@@]4(C)[C@]3(C)CC[C@@]2(NCCN(CCN(C)C)Cc2ccc(Cl)cc2)CC1=O. The molecule has 308 valence electrons. The van der Waals surface area contributed by atoms with Crippen molar-refractivity contribution in [2.75, 3.05) is 40.3 Å². The van der Waals surface area contributed by atoms with Crippen LogP contribution in [-0.2, 0) is 16.1 Å². The number of ketones is 1. The van der Waals surface area contributed by atoms with E-state index in [0.717, 1.165) is 75.4 Å². The van der Waals surface area contributed by atoms with Crippen LogP contribution in [0.25, 0.3) is 0 Å². The molecule has 0 heterocycles. The minimum Gasteiger partial charge on any atom is -0.481 e. The molecular formula is C49H72ClN3O3. The first-order valence-electron chi connectivity index (χ1n) is 22.1. The normalized spacial score (nSPS) is 36.6. The van der Waals surface area contributed by atoms with Gasteiger partial charge in [-0.2, -0.15) is 0 Å². The second-order valence-corrected chi connectivity index (χ2v) is 21.4. The molecule has 0 aliphatic heterocycles. The van der Waals surface area contributed by atoms with E-state index < -0.39 is 5.97 Å². The maximum absolute atomic E-state index is 14.2. The van der Waals surface area contributed by atoms with E-state index in [-0.39, 0.29) is 39.0 Å². The summed E-state index contributed by atoms with van der Waals surface area (Å²) in [6.45, 7) is 22.2. The molecule has 6 nitrogen and oxygen atoms in total. The first kappa shape index (κ1) is 41.9. The Hall–Kier alpha value is -2.25. The van der Waals surface area contributed by atoms with Gasteiger partial charge in [0, 0.05) is 49.7 Å². The number of allylic oxidation sites excluding steroid dienone is 5. The second-order valence-electron chi connectivity index (χ2n) is 21.0. The van der Waals surface area contributed by atoms with E-state index >= 15 is 0 Å². The molecule has 1 unspecified atom stereocenters. The fourth-order valence-electron chi connectivity index (χ4n) is 14.2. The maximum Gasteiger partial charge on any atom is 0.306 e. The summed E-state index contributed by atoms with van der Waals surface area (Å²) in [6.07, 6.45) is 16.0. The Morgan fingerprint density at radius 3 is 2.29 bits per heavy atom. The van der Waals surface area contributed by atoms with Gasteiger partial charge in [-0.25, -0.2) is 0 Å². The van der Waals surface area contributed by atoms with E-state index in [1.54, 1.807) is 0 Å². The molecule has 1 aromatic carbocycles. The predicted octanol–water partition coefficient (Wildman–Crippen LogP) is 10.4. The average Bonchev–Trinajstić information content (AvgIpc) is 3.43. The van der Waals surface area contributed by atoms with Crippen molar-refractivity contribution in [1.82, 2.24) is 15.1 Å². The van der Waals surface area contributed by atoms with Crippen LogP contribution in [0.15, 0.2) is 58.7 Å². The lowest BCUT2D eigenvalue weighted by Gasteiger charge is -2.71. The van der Waals surface area contributed by atoms with Gasteiger partial charge in [0.2, 0.25) is 0 Å². The largest absolute Gasteiger partial charge is 0.481 e. The van der Waals surface area contributed by atoms with Crippen molar-refractivity contribution < 1.29 is 14.7 Å². The number of carbonyl (C=O) groups excluding carboxylic acids is 1. The third kappa shape index (κ3) is 7.02. The number of benzene rings is 1. The van der Waals surface area contributed by atoms with Crippen molar-refractivity contribution in [2.45, 2.75) is 131 Å². The minimum atomic E-state index is -0.651. The van der Waals surface area contributed by atoms with Crippen LogP contribution >= 0.6 is 11.6 Å². The fourth-order valence-corrected chi connectivity index (χ4v) is 14.3. The lowest BCUT2D eigenvalue weighted by molar-refractivity contribution is -0.196. The maximum atomic E-state index is 14.2. The van der Waals surface area contributed by atoms with Crippen LogP contribution in [0.1, 0.15) is 125 Å². The Morgan fingerprint density at radius 1 is 0.911 bits per heavy atom. The summed E-state index contributed by atoms with van der Waals surface area (Å²) in [6, 6.07) is 8.27. The Labute approximate surface area is 344 Å². The zero-order valence-corrected chi connectivity index (χ0v) is 37.0. The number of fused-ring (bicyclic) bond motifs is 7. The Kier molecular flexibility index (Phi) is 11.5. The second kappa shape index (κ2) is 15.4. The van der Waals surface area contributed by atoms with Crippen LogP contribution in [0.5, 0.6) is 0 Å². The molecule has 0 radical (unpaired) electrons. The summed E-state index contributed by atoms with van der Waals surface area (Å²) >= 11 is 6.23. The zero-order chi connectivity index (χ0) is 40.4. The monoisotopic (exact) mass is 786 g/mol. The van der Waals surface area contributed by atoms with Gasteiger partial charge in [0.15, 0.2) is 5.78 Å². The van der Waals surface area contributed by atoms with Crippen LogP contribution in [0.2, 0.25) is 5.02 Å². The molecule has 6 aliphatic carbocycles. The summed E-state index contributed by atoms with van der Waals surface area (Å²) in [5.41, 5.74) is 7.20. The highest BCUT2D eigenvalue weighted by Gasteiger charge is 2.69. The van der Waals surface area contributed by atoms with Gasteiger partial charge in [-0.3, -0.25) is 14.5 Å². The van der Waals surface area contributed by atoms with Gasteiger partial charge in [0.05, 0.1) is 5.92 Å². The van der Waals surface area contributed by atoms with Crippen molar-refractivity contribution in [1.29, 1.82) is 0 Å². The van der Waals surface area contributed by atoms with Gasteiger partial charge < -0.3 is 15.3 Å². The highest BCUT2D eigenvalue weighted by atomic mass is 35.5. The first-order chi connectivity index (χ1) is 26.4.